The first kappa shape index (κ1) is 18.8. The first-order valence-electron chi connectivity index (χ1n) is 9.00. The molecule has 0 atom stereocenters. The Labute approximate surface area is 151 Å². The van der Waals surface area contributed by atoms with Gasteiger partial charge in [-0.1, -0.05) is 24.3 Å². The molecule has 0 aliphatic carbocycles. The van der Waals surface area contributed by atoms with Gasteiger partial charge in [-0.25, -0.2) is 4.79 Å². The highest BCUT2D eigenvalue weighted by atomic mass is 16.2. The fraction of sp³-hybridized carbons (Fsp3) is 0.381. The summed E-state index contributed by atoms with van der Waals surface area (Å²) in [4.78, 5) is 14.4. The SMILES string of the molecule is CCN(CC)c1ccc(NC(=O)NCCc2ccccc2C)c(C)c1. The Kier molecular flexibility index (Phi) is 6.87. The number of nitrogens with zero attached hydrogens (tertiary/aromatic N) is 1. The third-order valence-electron chi connectivity index (χ3n) is 4.53. The van der Waals surface area contributed by atoms with E-state index in [0.717, 1.165) is 30.8 Å². The Bertz CT molecular complexity index is 708. The molecule has 0 heterocycles. The van der Waals surface area contributed by atoms with Gasteiger partial charge in [-0.3, -0.25) is 0 Å². The van der Waals surface area contributed by atoms with Crippen molar-refractivity contribution in [2.24, 2.45) is 0 Å². The lowest BCUT2D eigenvalue weighted by Gasteiger charge is -2.22. The highest BCUT2D eigenvalue weighted by molar-refractivity contribution is 5.90. The van der Waals surface area contributed by atoms with Gasteiger partial charge in [-0.15, -0.1) is 0 Å². The predicted molar refractivity (Wildman–Crippen MR) is 107 cm³/mol. The Morgan fingerprint density at radius 1 is 1.00 bits per heavy atom. The van der Waals surface area contributed by atoms with Crippen LogP contribution in [-0.4, -0.2) is 25.7 Å². The molecule has 2 N–H and O–H groups in total. The van der Waals surface area contributed by atoms with Gasteiger partial charge in [-0.2, -0.15) is 0 Å². The predicted octanol–water partition coefficient (Wildman–Crippen LogP) is 4.51. The number of nitrogens with one attached hydrogen (secondary N) is 2. The molecule has 4 heteroatoms. The first-order chi connectivity index (χ1) is 12.0. The maximum absolute atomic E-state index is 12.1. The van der Waals surface area contributed by atoms with Gasteiger partial charge in [-0.05, 0) is 69.0 Å². The average molecular weight is 339 g/mol. The number of carbonyl (C=O) groups is 1. The molecule has 0 radical (unpaired) electrons. The summed E-state index contributed by atoms with van der Waals surface area (Å²) in [5, 5.41) is 5.88. The summed E-state index contributed by atoms with van der Waals surface area (Å²) in [6.07, 6.45) is 0.833. The van der Waals surface area contributed by atoms with E-state index < -0.39 is 0 Å². The number of aryl methyl sites for hydroxylation is 2. The van der Waals surface area contributed by atoms with Crippen LogP contribution < -0.4 is 15.5 Å². The molecule has 2 aromatic carbocycles. The van der Waals surface area contributed by atoms with E-state index in [1.165, 1.54) is 16.8 Å². The summed E-state index contributed by atoms with van der Waals surface area (Å²) in [6.45, 7) is 11.0. The molecule has 0 saturated heterocycles. The van der Waals surface area contributed by atoms with Crippen LogP contribution in [0, 0.1) is 13.8 Å². The molecular formula is C21H29N3O. The van der Waals surface area contributed by atoms with Crippen LogP contribution in [0.5, 0.6) is 0 Å². The maximum Gasteiger partial charge on any atom is 0.319 e. The van der Waals surface area contributed by atoms with Gasteiger partial charge in [0.1, 0.15) is 0 Å². The number of urea groups is 1. The second-order valence-corrected chi connectivity index (χ2v) is 6.23. The molecule has 0 aromatic heterocycles. The molecule has 25 heavy (non-hydrogen) atoms. The summed E-state index contributed by atoms with van der Waals surface area (Å²) in [6, 6.07) is 14.3. The molecule has 0 unspecified atom stereocenters. The van der Waals surface area contributed by atoms with Crippen LogP contribution in [0.2, 0.25) is 0 Å². The van der Waals surface area contributed by atoms with Gasteiger partial charge in [0.2, 0.25) is 0 Å². The van der Waals surface area contributed by atoms with Crippen LogP contribution in [-0.2, 0) is 6.42 Å². The summed E-state index contributed by atoms with van der Waals surface area (Å²) < 4.78 is 0. The van der Waals surface area contributed by atoms with E-state index in [-0.39, 0.29) is 6.03 Å². The van der Waals surface area contributed by atoms with Crippen molar-refractivity contribution in [3.05, 3.63) is 59.2 Å². The smallest absolute Gasteiger partial charge is 0.319 e. The Morgan fingerprint density at radius 3 is 2.36 bits per heavy atom. The van der Waals surface area contributed by atoms with Crippen LogP contribution in [0.3, 0.4) is 0 Å². The van der Waals surface area contributed by atoms with Crippen molar-refractivity contribution < 1.29 is 4.79 Å². The van der Waals surface area contributed by atoms with E-state index in [1.807, 2.05) is 25.1 Å². The molecule has 2 aromatic rings. The molecule has 0 aliphatic heterocycles. The number of hydrogen-bond donors (Lipinski definition) is 2. The standard InChI is InChI=1S/C21H29N3O/c1-5-24(6-2)19-11-12-20(17(4)15-19)23-21(25)22-14-13-18-10-8-7-9-16(18)3/h7-12,15H,5-6,13-14H2,1-4H3,(H2,22,23,25). The Morgan fingerprint density at radius 2 is 1.72 bits per heavy atom. The zero-order chi connectivity index (χ0) is 18.2. The van der Waals surface area contributed by atoms with Crippen molar-refractivity contribution in [2.45, 2.75) is 34.1 Å². The van der Waals surface area contributed by atoms with E-state index in [4.69, 9.17) is 0 Å². The fourth-order valence-electron chi connectivity index (χ4n) is 2.94. The lowest BCUT2D eigenvalue weighted by atomic mass is 10.1. The molecule has 0 aliphatic rings. The number of anilines is 2. The number of hydrogen-bond acceptors (Lipinski definition) is 2. The lowest BCUT2D eigenvalue weighted by molar-refractivity contribution is 0.252. The zero-order valence-corrected chi connectivity index (χ0v) is 15.7. The fourth-order valence-corrected chi connectivity index (χ4v) is 2.94. The minimum atomic E-state index is -0.160. The quantitative estimate of drug-likeness (QED) is 0.779. The lowest BCUT2D eigenvalue weighted by Crippen LogP contribution is -2.30. The largest absolute Gasteiger partial charge is 0.372 e. The molecule has 0 spiro atoms. The molecule has 2 amide bonds. The van der Waals surface area contributed by atoms with E-state index >= 15 is 0 Å². The van der Waals surface area contributed by atoms with E-state index in [1.54, 1.807) is 0 Å². The van der Waals surface area contributed by atoms with E-state index in [0.29, 0.717) is 6.54 Å². The average Bonchev–Trinajstić information content (AvgIpc) is 2.60. The Hall–Kier alpha value is -2.49. The molecule has 4 nitrogen and oxygen atoms in total. The normalized spacial score (nSPS) is 10.4. The zero-order valence-electron chi connectivity index (χ0n) is 15.7. The van der Waals surface area contributed by atoms with Gasteiger partial charge >= 0.3 is 6.03 Å². The van der Waals surface area contributed by atoms with Crippen molar-refractivity contribution in [1.29, 1.82) is 0 Å². The van der Waals surface area contributed by atoms with Gasteiger partial charge in [0, 0.05) is 31.0 Å². The van der Waals surface area contributed by atoms with Crippen molar-refractivity contribution >= 4 is 17.4 Å². The molecule has 0 saturated carbocycles. The van der Waals surface area contributed by atoms with Crippen molar-refractivity contribution in [1.82, 2.24) is 5.32 Å². The molecule has 2 rings (SSSR count). The number of benzene rings is 2. The summed E-state index contributed by atoms with van der Waals surface area (Å²) >= 11 is 0. The second kappa shape index (κ2) is 9.11. The highest BCUT2D eigenvalue weighted by Crippen LogP contribution is 2.22. The molecule has 0 fully saturated rings. The first-order valence-corrected chi connectivity index (χ1v) is 9.00. The highest BCUT2D eigenvalue weighted by Gasteiger charge is 2.08. The van der Waals surface area contributed by atoms with Crippen LogP contribution in [0.1, 0.15) is 30.5 Å². The Balaban J connectivity index is 1.89. The van der Waals surface area contributed by atoms with E-state index in [2.05, 4.69) is 60.6 Å². The van der Waals surface area contributed by atoms with Crippen LogP contribution >= 0.6 is 0 Å². The third kappa shape index (κ3) is 5.24. The molecular weight excluding hydrogens is 310 g/mol. The molecule has 0 bridgehead atoms. The monoisotopic (exact) mass is 339 g/mol. The minimum absolute atomic E-state index is 0.160. The van der Waals surface area contributed by atoms with Crippen molar-refractivity contribution in [2.75, 3.05) is 29.9 Å². The topological polar surface area (TPSA) is 44.4 Å². The number of carbonyl (C=O) groups excluding carboxylic acids is 1. The van der Waals surface area contributed by atoms with Crippen LogP contribution in [0.4, 0.5) is 16.2 Å². The van der Waals surface area contributed by atoms with Gasteiger partial charge < -0.3 is 15.5 Å². The van der Waals surface area contributed by atoms with Gasteiger partial charge in [0.15, 0.2) is 0 Å². The summed E-state index contributed by atoms with van der Waals surface area (Å²) in [5.41, 5.74) is 5.63. The number of rotatable bonds is 7. The number of amides is 2. The van der Waals surface area contributed by atoms with E-state index in [9.17, 15) is 4.79 Å². The molecule has 134 valence electrons. The summed E-state index contributed by atoms with van der Waals surface area (Å²) in [7, 11) is 0. The second-order valence-electron chi connectivity index (χ2n) is 6.23. The summed E-state index contributed by atoms with van der Waals surface area (Å²) in [5.74, 6) is 0. The maximum atomic E-state index is 12.1. The van der Waals surface area contributed by atoms with Crippen LogP contribution in [0.25, 0.3) is 0 Å². The van der Waals surface area contributed by atoms with Gasteiger partial charge in [0.25, 0.3) is 0 Å². The minimum Gasteiger partial charge on any atom is -0.372 e. The third-order valence-corrected chi connectivity index (χ3v) is 4.53. The van der Waals surface area contributed by atoms with Crippen molar-refractivity contribution in [3.63, 3.8) is 0 Å². The van der Waals surface area contributed by atoms with Gasteiger partial charge in [0.05, 0.1) is 0 Å². The van der Waals surface area contributed by atoms with Crippen molar-refractivity contribution in [3.8, 4) is 0 Å². The van der Waals surface area contributed by atoms with Crippen LogP contribution in [0.15, 0.2) is 42.5 Å².